The van der Waals surface area contributed by atoms with Gasteiger partial charge in [-0.1, -0.05) is 11.6 Å². The third-order valence-corrected chi connectivity index (χ3v) is 4.81. The van der Waals surface area contributed by atoms with Crippen LogP contribution in [-0.4, -0.2) is 38.3 Å². The van der Waals surface area contributed by atoms with Crippen LogP contribution in [0, 0.1) is 5.82 Å². The second kappa shape index (κ2) is 4.89. The molecule has 23 heavy (non-hydrogen) atoms. The molecule has 1 aromatic carbocycles. The average Bonchev–Trinajstić information content (AvgIpc) is 2.96. The predicted molar refractivity (Wildman–Crippen MR) is 77.4 cm³/mol. The van der Waals surface area contributed by atoms with E-state index in [0.29, 0.717) is 0 Å². The third kappa shape index (κ3) is 2.33. The van der Waals surface area contributed by atoms with Gasteiger partial charge in [-0.25, -0.2) is 9.07 Å². The highest BCUT2D eigenvalue weighted by atomic mass is 35.5. The molecule has 1 N–H and O–H groups in total. The van der Waals surface area contributed by atoms with Crippen molar-refractivity contribution in [1.29, 1.82) is 0 Å². The average molecular weight is 338 g/mol. The molecule has 120 valence electrons. The fraction of sp³-hybridized carbons (Fsp3) is 0.429. The van der Waals surface area contributed by atoms with Gasteiger partial charge in [-0.3, -0.25) is 4.79 Å². The molecule has 0 atom stereocenters. The number of benzene rings is 1. The number of tetrazole rings is 1. The maximum atomic E-state index is 13.3. The van der Waals surface area contributed by atoms with Crippen LogP contribution in [0.3, 0.4) is 0 Å². The zero-order valence-corrected chi connectivity index (χ0v) is 12.8. The van der Waals surface area contributed by atoms with Gasteiger partial charge in [-0.05, 0) is 41.8 Å². The van der Waals surface area contributed by atoms with Crippen molar-refractivity contribution in [1.82, 2.24) is 25.5 Å². The Bertz CT molecular complexity index is 747. The summed E-state index contributed by atoms with van der Waals surface area (Å²) in [5.41, 5.74) is -0.228. The van der Waals surface area contributed by atoms with Crippen LogP contribution < -0.4 is 10.1 Å². The minimum Gasteiger partial charge on any atom is -0.484 e. The first-order valence-corrected chi connectivity index (χ1v) is 7.51. The molecule has 1 amide bonds. The number of hydrogen-bond donors (Lipinski definition) is 1. The molecule has 2 aromatic rings. The first kappa shape index (κ1) is 14.4. The van der Waals surface area contributed by atoms with E-state index >= 15 is 0 Å². The van der Waals surface area contributed by atoms with E-state index in [2.05, 4.69) is 20.8 Å². The standard InChI is InChI=1S/C14H13ClFN5O2/c15-10-2-1-9(3-11(10)16)23-4-12(22)18-13-5-14(6-13,7-13)21-8-17-19-20-21/h1-3,8H,4-7H2,(H,18,22). The molecule has 0 radical (unpaired) electrons. The summed E-state index contributed by atoms with van der Waals surface area (Å²) in [5, 5.41) is 14.2. The minimum atomic E-state index is -0.577. The van der Waals surface area contributed by atoms with Gasteiger partial charge in [0.2, 0.25) is 0 Å². The van der Waals surface area contributed by atoms with Crippen LogP contribution in [0.1, 0.15) is 19.3 Å². The van der Waals surface area contributed by atoms with Gasteiger partial charge >= 0.3 is 0 Å². The number of nitrogens with zero attached hydrogens (tertiary/aromatic N) is 4. The van der Waals surface area contributed by atoms with Gasteiger partial charge in [0, 0.05) is 11.6 Å². The molecule has 0 spiro atoms. The first-order chi connectivity index (χ1) is 11.0. The summed E-state index contributed by atoms with van der Waals surface area (Å²) < 4.78 is 20.3. The molecule has 3 fully saturated rings. The molecule has 3 aliphatic rings. The molecule has 9 heteroatoms. The number of hydrogen-bond acceptors (Lipinski definition) is 5. The predicted octanol–water partition coefficient (Wildman–Crippen LogP) is 1.29. The summed E-state index contributed by atoms with van der Waals surface area (Å²) in [6, 6.07) is 4.07. The third-order valence-electron chi connectivity index (χ3n) is 4.50. The molecule has 0 unspecified atom stereocenters. The second-order valence-corrected chi connectivity index (χ2v) is 6.61. The van der Waals surface area contributed by atoms with Gasteiger partial charge < -0.3 is 10.1 Å². The highest BCUT2D eigenvalue weighted by molar-refractivity contribution is 6.30. The lowest BCUT2D eigenvalue weighted by atomic mass is 9.44. The minimum absolute atomic E-state index is 0.0172. The smallest absolute Gasteiger partial charge is 0.258 e. The Hall–Kier alpha value is -2.22. The zero-order valence-electron chi connectivity index (χ0n) is 12.0. The molecule has 2 bridgehead atoms. The number of rotatable bonds is 5. The van der Waals surface area contributed by atoms with Crippen molar-refractivity contribution in [3.05, 3.63) is 35.4 Å². The molecule has 1 aromatic heterocycles. The van der Waals surface area contributed by atoms with Crippen LogP contribution >= 0.6 is 11.6 Å². The SMILES string of the molecule is O=C(COc1ccc(Cl)c(F)c1)NC12CC(n3cnnn3)(C1)C2. The van der Waals surface area contributed by atoms with Gasteiger partial charge in [0.1, 0.15) is 17.9 Å². The monoisotopic (exact) mass is 337 g/mol. The van der Waals surface area contributed by atoms with Crippen LogP contribution in [0.4, 0.5) is 4.39 Å². The van der Waals surface area contributed by atoms with Crippen LogP contribution in [0.25, 0.3) is 0 Å². The van der Waals surface area contributed by atoms with Crippen LogP contribution in [0.2, 0.25) is 5.02 Å². The van der Waals surface area contributed by atoms with E-state index in [0.717, 1.165) is 25.3 Å². The molecule has 5 rings (SSSR count). The number of halogens is 2. The maximum absolute atomic E-state index is 13.3. The Morgan fingerprint density at radius 3 is 2.87 bits per heavy atom. The molecule has 7 nitrogen and oxygen atoms in total. The Morgan fingerprint density at radius 1 is 1.43 bits per heavy atom. The van der Waals surface area contributed by atoms with Crippen molar-refractivity contribution in [2.24, 2.45) is 0 Å². The summed E-state index contributed by atoms with van der Waals surface area (Å²) in [6.45, 7) is -0.166. The normalized spacial score (nSPS) is 27.7. The lowest BCUT2D eigenvalue weighted by molar-refractivity contribution is -0.161. The van der Waals surface area contributed by atoms with Gasteiger partial charge in [-0.15, -0.1) is 5.10 Å². The maximum Gasteiger partial charge on any atom is 0.258 e. The first-order valence-electron chi connectivity index (χ1n) is 7.13. The Labute approximate surface area is 135 Å². The van der Waals surface area contributed by atoms with Crippen molar-refractivity contribution >= 4 is 17.5 Å². The van der Waals surface area contributed by atoms with Gasteiger partial charge in [-0.2, -0.15) is 0 Å². The van der Waals surface area contributed by atoms with Crippen molar-refractivity contribution in [3.63, 3.8) is 0 Å². The lowest BCUT2D eigenvalue weighted by Crippen LogP contribution is -2.79. The number of aromatic nitrogens is 4. The Balaban J connectivity index is 1.28. The number of amides is 1. The summed E-state index contributed by atoms with van der Waals surface area (Å²) in [6.07, 6.45) is 4.04. The molecule has 1 heterocycles. The van der Waals surface area contributed by atoms with Gasteiger partial charge in [0.05, 0.1) is 10.6 Å². The molecule has 3 aliphatic carbocycles. The molecular weight excluding hydrogens is 325 g/mol. The van der Waals surface area contributed by atoms with Crippen LogP contribution in [-0.2, 0) is 10.3 Å². The quantitative estimate of drug-likeness (QED) is 0.889. The topological polar surface area (TPSA) is 81.9 Å². The number of ether oxygens (including phenoxy) is 1. The zero-order chi connectivity index (χ0) is 16.1. The highest BCUT2D eigenvalue weighted by Crippen LogP contribution is 2.64. The molecular formula is C14H13ClFN5O2. The van der Waals surface area contributed by atoms with Crippen molar-refractivity contribution in [2.75, 3.05) is 6.61 Å². The number of nitrogens with one attached hydrogen (secondary N) is 1. The summed E-state index contributed by atoms with van der Waals surface area (Å²) >= 11 is 5.59. The van der Waals surface area contributed by atoms with Crippen molar-refractivity contribution < 1.29 is 13.9 Å². The van der Waals surface area contributed by atoms with Crippen LogP contribution in [0.15, 0.2) is 24.5 Å². The molecule has 3 saturated carbocycles. The van der Waals surface area contributed by atoms with Crippen LogP contribution in [0.5, 0.6) is 5.75 Å². The van der Waals surface area contributed by atoms with Gasteiger partial charge in [0.15, 0.2) is 6.61 Å². The molecule has 0 aliphatic heterocycles. The van der Waals surface area contributed by atoms with E-state index < -0.39 is 5.82 Å². The van der Waals surface area contributed by atoms with Gasteiger partial charge in [0.25, 0.3) is 5.91 Å². The Kier molecular flexibility index (Phi) is 3.06. The van der Waals surface area contributed by atoms with E-state index in [1.54, 1.807) is 11.0 Å². The number of carbonyl (C=O) groups excluding carboxylic acids is 1. The van der Waals surface area contributed by atoms with E-state index in [9.17, 15) is 9.18 Å². The summed E-state index contributed by atoms with van der Waals surface area (Å²) in [4.78, 5) is 12.0. The van der Waals surface area contributed by atoms with E-state index in [1.807, 2.05) is 0 Å². The largest absolute Gasteiger partial charge is 0.484 e. The Morgan fingerprint density at radius 2 is 2.22 bits per heavy atom. The lowest BCUT2D eigenvalue weighted by Gasteiger charge is -2.69. The fourth-order valence-electron chi connectivity index (χ4n) is 3.54. The highest BCUT2D eigenvalue weighted by Gasteiger charge is 2.70. The second-order valence-electron chi connectivity index (χ2n) is 6.20. The molecule has 0 saturated heterocycles. The van der Waals surface area contributed by atoms with Crippen molar-refractivity contribution in [2.45, 2.75) is 30.3 Å². The summed E-state index contributed by atoms with van der Waals surface area (Å²) in [5.74, 6) is -0.539. The number of carbonyl (C=O) groups is 1. The van der Waals surface area contributed by atoms with Crippen molar-refractivity contribution in [3.8, 4) is 5.75 Å². The van der Waals surface area contributed by atoms with E-state index in [-0.39, 0.29) is 34.4 Å². The summed E-state index contributed by atoms with van der Waals surface area (Å²) in [7, 11) is 0. The van der Waals surface area contributed by atoms with E-state index in [1.165, 1.54) is 12.1 Å². The van der Waals surface area contributed by atoms with E-state index in [4.69, 9.17) is 16.3 Å². The fourth-order valence-corrected chi connectivity index (χ4v) is 3.65.